The van der Waals surface area contributed by atoms with Crippen LogP contribution in [0, 0.1) is 10.8 Å². The number of nitrogens with zero attached hydrogens (tertiary/aromatic N) is 2. The molecule has 30 heavy (non-hydrogen) atoms. The van der Waals surface area contributed by atoms with Crippen LogP contribution >= 0.6 is 11.6 Å². The minimum atomic E-state index is -0.435. The standard InChI is InChI=1S/C23H28ClN3O3/c1-3-4-6-20(26-30)13-8-17(2)15-22(28)27-14-5-7-21(27)23(29)25-16-18-9-11-19(24)12-10-18/h3-4,6,9-13,17,21H,1,5,7-8,14-16H2,2H3,(H,25,29)/b6-4-,20-13+/t17?,21-/m0/s1. The van der Waals surface area contributed by atoms with E-state index in [1.54, 1.807) is 41.3 Å². The minimum Gasteiger partial charge on any atom is -0.350 e. The summed E-state index contributed by atoms with van der Waals surface area (Å²) in [6.07, 6.45) is 8.84. The predicted octanol–water partition coefficient (Wildman–Crippen LogP) is 4.76. The van der Waals surface area contributed by atoms with Crippen LogP contribution in [0.2, 0.25) is 5.02 Å². The average Bonchev–Trinajstić information content (AvgIpc) is 3.23. The second-order valence-electron chi connectivity index (χ2n) is 7.45. The number of nitroso groups, excluding NO2 is 1. The molecule has 0 aromatic heterocycles. The number of halogens is 1. The van der Waals surface area contributed by atoms with Crippen LogP contribution in [-0.4, -0.2) is 29.3 Å². The highest BCUT2D eigenvalue weighted by Crippen LogP contribution is 2.22. The fourth-order valence-corrected chi connectivity index (χ4v) is 3.50. The van der Waals surface area contributed by atoms with E-state index in [2.05, 4.69) is 17.1 Å². The zero-order valence-corrected chi connectivity index (χ0v) is 18.0. The van der Waals surface area contributed by atoms with Crippen molar-refractivity contribution in [3.8, 4) is 0 Å². The molecular formula is C23H28ClN3O3. The molecule has 6 nitrogen and oxygen atoms in total. The van der Waals surface area contributed by atoms with Gasteiger partial charge >= 0.3 is 0 Å². The number of allylic oxidation sites excluding steroid dienone is 4. The first-order valence-corrected chi connectivity index (χ1v) is 10.5. The Morgan fingerprint density at radius 2 is 2.10 bits per heavy atom. The third-order valence-corrected chi connectivity index (χ3v) is 5.27. The average molecular weight is 430 g/mol. The van der Waals surface area contributed by atoms with Gasteiger partial charge in [-0.3, -0.25) is 9.59 Å². The first kappa shape index (κ1) is 23.5. The largest absolute Gasteiger partial charge is 0.350 e. The summed E-state index contributed by atoms with van der Waals surface area (Å²) in [6.45, 7) is 6.48. The van der Waals surface area contributed by atoms with Crippen LogP contribution in [0.15, 0.2) is 66.0 Å². The van der Waals surface area contributed by atoms with Crippen molar-refractivity contribution in [2.24, 2.45) is 11.1 Å². The Kier molecular flexibility index (Phi) is 9.48. The van der Waals surface area contributed by atoms with Gasteiger partial charge in [0.1, 0.15) is 11.7 Å². The van der Waals surface area contributed by atoms with Crippen LogP contribution in [0.4, 0.5) is 0 Å². The molecule has 1 heterocycles. The summed E-state index contributed by atoms with van der Waals surface area (Å²) < 4.78 is 0. The summed E-state index contributed by atoms with van der Waals surface area (Å²) in [5, 5.41) is 6.53. The second-order valence-corrected chi connectivity index (χ2v) is 7.89. The highest BCUT2D eigenvalue weighted by molar-refractivity contribution is 6.30. The Labute approximate surface area is 182 Å². The van der Waals surface area contributed by atoms with E-state index in [9.17, 15) is 14.5 Å². The lowest BCUT2D eigenvalue weighted by Crippen LogP contribution is -2.46. The second kappa shape index (κ2) is 12.1. The van der Waals surface area contributed by atoms with Crippen molar-refractivity contribution in [2.45, 2.75) is 45.2 Å². The molecule has 0 saturated carbocycles. The molecule has 0 radical (unpaired) electrons. The summed E-state index contributed by atoms with van der Waals surface area (Å²) in [5.74, 6) is -0.141. The Balaban J connectivity index is 1.87. The number of hydrogen-bond donors (Lipinski definition) is 1. The highest BCUT2D eigenvalue weighted by atomic mass is 35.5. The van der Waals surface area contributed by atoms with Gasteiger partial charge in [0.25, 0.3) is 0 Å². The van der Waals surface area contributed by atoms with Crippen molar-refractivity contribution < 1.29 is 9.59 Å². The molecule has 2 amide bonds. The zero-order chi connectivity index (χ0) is 21.9. The Hall–Kier alpha value is -2.73. The molecule has 0 spiro atoms. The van der Waals surface area contributed by atoms with Crippen LogP contribution in [-0.2, 0) is 16.1 Å². The van der Waals surface area contributed by atoms with E-state index >= 15 is 0 Å². The molecule has 1 N–H and O–H groups in total. The first-order valence-electron chi connectivity index (χ1n) is 10.1. The topological polar surface area (TPSA) is 78.8 Å². The van der Waals surface area contributed by atoms with Gasteiger partial charge in [-0.05, 0) is 54.1 Å². The van der Waals surface area contributed by atoms with Crippen LogP contribution in [0.1, 0.15) is 38.2 Å². The lowest BCUT2D eigenvalue weighted by Gasteiger charge is -2.25. The Bertz CT molecular complexity index is 817. The Morgan fingerprint density at radius 1 is 1.37 bits per heavy atom. The molecule has 2 rings (SSSR count). The fourth-order valence-electron chi connectivity index (χ4n) is 3.37. The molecule has 160 valence electrons. The molecule has 0 aliphatic carbocycles. The maximum absolute atomic E-state index is 12.8. The fraction of sp³-hybridized carbons (Fsp3) is 0.391. The lowest BCUT2D eigenvalue weighted by molar-refractivity contribution is -0.139. The van der Waals surface area contributed by atoms with Crippen molar-refractivity contribution in [1.82, 2.24) is 10.2 Å². The summed E-state index contributed by atoms with van der Waals surface area (Å²) in [7, 11) is 0. The van der Waals surface area contributed by atoms with E-state index in [0.717, 1.165) is 12.0 Å². The summed E-state index contributed by atoms with van der Waals surface area (Å²) >= 11 is 5.88. The highest BCUT2D eigenvalue weighted by Gasteiger charge is 2.34. The van der Waals surface area contributed by atoms with Crippen LogP contribution in [0.25, 0.3) is 0 Å². The van der Waals surface area contributed by atoms with Crippen molar-refractivity contribution in [2.75, 3.05) is 6.54 Å². The van der Waals surface area contributed by atoms with Crippen LogP contribution in [0.3, 0.4) is 0 Å². The monoisotopic (exact) mass is 429 g/mol. The van der Waals surface area contributed by atoms with Gasteiger partial charge in [-0.1, -0.05) is 55.5 Å². The SMILES string of the molecule is C=C/C=C\C(=C/CC(C)CC(=O)N1CCC[C@H]1C(=O)NCc1ccc(Cl)cc1)N=O. The molecule has 1 saturated heterocycles. The molecule has 1 unspecified atom stereocenters. The molecular weight excluding hydrogens is 402 g/mol. The number of amides is 2. The molecule has 1 aromatic rings. The van der Waals surface area contributed by atoms with Crippen LogP contribution < -0.4 is 5.32 Å². The van der Waals surface area contributed by atoms with Gasteiger partial charge in [0.15, 0.2) is 0 Å². The zero-order valence-electron chi connectivity index (χ0n) is 17.2. The van der Waals surface area contributed by atoms with E-state index in [4.69, 9.17) is 11.6 Å². The number of carbonyl (C=O) groups excluding carboxylic acids is 2. The van der Waals surface area contributed by atoms with Gasteiger partial charge in [-0.15, -0.1) is 4.91 Å². The molecule has 1 aromatic carbocycles. The third kappa shape index (κ3) is 7.26. The number of rotatable bonds is 10. The van der Waals surface area contributed by atoms with E-state index < -0.39 is 6.04 Å². The smallest absolute Gasteiger partial charge is 0.243 e. The number of likely N-dealkylation sites (tertiary alicyclic amines) is 1. The van der Waals surface area contributed by atoms with Gasteiger partial charge in [-0.25, -0.2) is 0 Å². The number of benzene rings is 1. The molecule has 2 atom stereocenters. The minimum absolute atomic E-state index is 0.0322. The van der Waals surface area contributed by atoms with Crippen molar-refractivity contribution >= 4 is 23.4 Å². The summed E-state index contributed by atoms with van der Waals surface area (Å²) in [4.78, 5) is 37.9. The van der Waals surface area contributed by atoms with Crippen molar-refractivity contribution in [3.63, 3.8) is 0 Å². The van der Waals surface area contributed by atoms with Crippen molar-refractivity contribution in [1.29, 1.82) is 0 Å². The molecule has 1 aliphatic rings. The van der Waals surface area contributed by atoms with Gasteiger partial charge in [0.2, 0.25) is 11.8 Å². The quantitative estimate of drug-likeness (QED) is 0.430. The number of carbonyl (C=O) groups is 2. The van der Waals surface area contributed by atoms with E-state index in [1.807, 2.05) is 19.1 Å². The van der Waals surface area contributed by atoms with E-state index in [0.29, 0.717) is 43.1 Å². The van der Waals surface area contributed by atoms with Gasteiger partial charge < -0.3 is 10.2 Å². The maximum atomic E-state index is 12.8. The van der Waals surface area contributed by atoms with E-state index in [-0.39, 0.29) is 17.7 Å². The summed E-state index contributed by atoms with van der Waals surface area (Å²) in [6, 6.07) is 6.85. The van der Waals surface area contributed by atoms with Gasteiger partial charge in [0, 0.05) is 24.5 Å². The van der Waals surface area contributed by atoms with Gasteiger partial charge in [0.05, 0.1) is 0 Å². The van der Waals surface area contributed by atoms with Crippen molar-refractivity contribution in [3.05, 3.63) is 76.3 Å². The summed E-state index contributed by atoms with van der Waals surface area (Å²) in [5.41, 5.74) is 1.27. The third-order valence-electron chi connectivity index (χ3n) is 5.02. The molecule has 1 fully saturated rings. The predicted molar refractivity (Wildman–Crippen MR) is 120 cm³/mol. The maximum Gasteiger partial charge on any atom is 0.243 e. The molecule has 1 aliphatic heterocycles. The van der Waals surface area contributed by atoms with E-state index in [1.165, 1.54) is 0 Å². The molecule has 0 bridgehead atoms. The van der Waals surface area contributed by atoms with Gasteiger partial charge in [-0.2, -0.15) is 0 Å². The van der Waals surface area contributed by atoms with Crippen LogP contribution in [0.5, 0.6) is 0 Å². The molecule has 7 heteroatoms. The number of nitrogens with one attached hydrogen (secondary N) is 1. The Morgan fingerprint density at radius 3 is 2.77 bits per heavy atom. The normalized spacial score (nSPS) is 17.7. The number of hydrogen-bond acceptors (Lipinski definition) is 4. The lowest BCUT2D eigenvalue weighted by atomic mass is 10.0. The first-order chi connectivity index (χ1) is 14.4.